The highest BCUT2D eigenvalue weighted by molar-refractivity contribution is 4.73. The molecule has 1 aliphatic heterocycles. The Kier molecular flexibility index (Phi) is 1.17. The molecule has 0 aromatic heterocycles. The zero-order chi connectivity index (χ0) is 11.3. The lowest BCUT2D eigenvalue weighted by molar-refractivity contribution is -0.661. The Morgan fingerprint density at radius 2 is 2.55 bits per heavy atom. The van der Waals surface area contributed by atoms with Crippen molar-refractivity contribution in [2.45, 2.75) is 19.3 Å². The van der Waals surface area contributed by atoms with Gasteiger partial charge in [0.15, 0.2) is 5.03 Å². The van der Waals surface area contributed by atoms with Crippen LogP contribution in [0.3, 0.4) is 0 Å². The first kappa shape index (κ1) is 4.89. The van der Waals surface area contributed by atoms with Gasteiger partial charge in [-0.2, -0.15) is 0 Å². The van der Waals surface area contributed by atoms with Crippen LogP contribution in [0.25, 0.3) is 0 Å². The predicted octanol–water partition coefficient (Wildman–Crippen LogP) is -0.910. The second-order valence-electron chi connectivity index (χ2n) is 2.18. The van der Waals surface area contributed by atoms with Gasteiger partial charge in [0.25, 0.3) is 0 Å². The van der Waals surface area contributed by atoms with Crippen LogP contribution in [0.4, 0.5) is 0 Å². The molecule has 1 heterocycles. The number of nitro groups is 1. The largest absolute Gasteiger partial charge is 0.376 e. The second-order valence-corrected chi connectivity index (χ2v) is 2.18. The van der Waals surface area contributed by atoms with E-state index in [4.69, 9.17) is 4.11 Å². The fourth-order valence-corrected chi connectivity index (χ4v) is 0.774. The Bertz CT molecular complexity index is 272. The molecule has 1 fully saturated rings. The van der Waals surface area contributed by atoms with Crippen LogP contribution in [-0.2, 0) is 0 Å². The number of likely N-dealkylation sites (N-methyl/N-ethyl adjacent to an activating group) is 1. The van der Waals surface area contributed by atoms with Crippen molar-refractivity contribution in [3.63, 3.8) is 0 Å². The minimum Gasteiger partial charge on any atom is -0.376 e. The zero-order valence-corrected chi connectivity index (χ0v) is 6.18. The van der Waals surface area contributed by atoms with Crippen LogP contribution >= 0.6 is 0 Å². The third-order valence-electron chi connectivity index (χ3n) is 1.57. The summed E-state index contributed by atoms with van der Waals surface area (Å²) < 4.78 is 22.2. The molecule has 0 radical (unpaired) electrons. The van der Waals surface area contributed by atoms with Gasteiger partial charge in [0, 0.05) is 0 Å². The van der Waals surface area contributed by atoms with Crippen molar-refractivity contribution in [3.8, 4) is 0 Å². The van der Waals surface area contributed by atoms with Crippen LogP contribution in [0.15, 0.2) is 0 Å². The number of hydrazine groups is 1. The maximum Gasteiger partial charge on any atom is 0.161 e. The van der Waals surface area contributed by atoms with Gasteiger partial charge < -0.3 is 5.11 Å². The van der Waals surface area contributed by atoms with Gasteiger partial charge in [-0.3, -0.25) is 4.90 Å². The summed E-state index contributed by atoms with van der Waals surface area (Å²) in [5.41, 5.74) is 0. The molecule has 1 N–H and O–H groups in total. The highest BCUT2D eigenvalue weighted by atomic mass is 16.7. The summed E-state index contributed by atoms with van der Waals surface area (Å²) in [7, 11) is 1.19. The molecule has 1 saturated heterocycles. The minimum absolute atomic E-state index is 0.222. The van der Waals surface area contributed by atoms with E-state index in [1.807, 2.05) is 0 Å². The summed E-state index contributed by atoms with van der Waals surface area (Å²) in [6.07, 6.45) is -4.37. The Hall–Kier alpha value is -0.880. The van der Waals surface area contributed by atoms with E-state index in [-0.39, 0.29) is 5.01 Å². The van der Waals surface area contributed by atoms with E-state index in [9.17, 15) is 15.2 Å². The van der Waals surface area contributed by atoms with Crippen LogP contribution < -0.4 is 0 Å². The van der Waals surface area contributed by atoms with Gasteiger partial charge in [-0.15, -0.1) is 5.01 Å². The third-order valence-corrected chi connectivity index (χ3v) is 1.57. The normalized spacial score (nSPS) is 56.8. The molecule has 0 bridgehead atoms. The van der Waals surface area contributed by atoms with Crippen LogP contribution in [0.5, 0.6) is 0 Å². The van der Waals surface area contributed by atoms with Gasteiger partial charge in [0.1, 0.15) is 18.9 Å². The molecule has 11 heavy (non-hydrogen) atoms. The van der Waals surface area contributed by atoms with Crippen LogP contribution in [0, 0.1) is 10.1 Å². The molecular formula is C5H11N3O3. The molecule has 1 aliphatic rings. The number of hydrogen-bond acceptors (Lipinski definition) is 4. The molecule has 3 unspecified atom stereocenters. The summed E-state index contributed by atoms with van der Waals surface area (Å²) >= 11 is 0. The Labute approximate surface area is 68.3 Å². The van der Waals surface area contributed by atoms with E-state index < -0.39 is 23.9 Å². The first-order chi connectivity index (χ1) is 6.13. The van der Waals surface area contributed by atoms with Gasteiger partial charge in [0.05, 0.1) is 4.11 Å². The van der Waals surface area contributed by atoms with Crippen molar-refractivity contribution in [1.29, 1.82) is 0 Å². The number of rotatable bonds is 1. The van der Waals surface area contributed by atoms with Crippen molar-refractivity contribution in [1.82, 2.24) is 9.91 Å². The monoisotopic (exact) mass is 164 g/mol. The predicted molar refractivity (Wildman–Crippen MR) is 36.9 cm³/mol. The fourth-order valence-electron chi connectivity index (χ4n) is 0.774. The summed E-state index contributed by atoms with van der Waals surface area (Å²) in [6.45, 7) is -0.672. The first-order valence-electron chi connectivity index (χ1n) is 4.53. The maximum absolute atomic E-state index is 10.5. The topological polar surface area (TPSA) is 69.8 Å². The summed E-state index contributed by atoms with van der Waals surface area (Å²) in [4.78, 5) is 11.3. The summed E-state index contributed by atoms with van der Waals surface area (Å²) in [5, 5.41) is 19.2. The second kappa shape index (κ2) is 2.63. The van der Waals surface area contributed by atoms with Gasteiger partial charge >= 0.3 is 0 Å². The van der Waals surface area contributed by atoms with Crippen molar-refractivity contribution in [2.75, 3.05) is 13.6 Å². The Balaban J connectivity index is 3.16. The molecule has 0 saturated carbocycles. The minimum atomic E-state index is -2.45. The van der Waals surface area contributed by atoms with Crippen molar-refractivity contribution < 1.29 is 14.3 Å². The lowest BCUT2D eigenvalue weighted by Gasteiger charge is -2.17. The summed E-state index contributed by atoms with van der Waals surface area (Å²) in [6, 6.07) is 0. The lowest BCUT2D eigenvalue weighted by atomic mass is 10.5. The highest BCUT2D eigenvalue weighted by Gasteiger charge is 2.38. The lowest BCUT2D eigenvalue weighted by Crippen LogP contribution is -2.38. The van der Waals surface area contributed by atoms with Gasteiger partial charge in [-0.1, -0.05) is 0 Å². The molecule has 0 aromatic carbocycles. The van der Waals surface area contributed by atoms with Gasteiger partial charge in [0.2, 0.25) is 0 Å². The van der Waals surface area contributed by atoms with Gasteiger partial charge in [-0.25, -0.2) is 10.1 Å². The van der Waals surface area contributed by atoms with Crippen molar-refractivity contribution in [2.24, 2.45) is 0 Å². The standard InChI is InChI=1S/C5H11N3O3/c1-4-6(2)5(9)3-7(4)8(10)11/h4-5,9H,3H2,1-2H3/i3D,4D,5D. The van der Waals surface area contributed by atoms with Crippen LogP contribution in [0.1, 0.15) is 11.0 Å². The van der Waals surface area contributed by atoms with E-state index in [0.29, 0.717) is 0 Å². The molecule has 64 valence electrons. The van der Waals surface area contributed by atoms with E-state index in [2.05, 4.69) is 0 Å². The smallest absolute Gasteiger partial charge is 0.161 e. The quantitative estimate of drug-likeness (QED) is 0.401. The average molecular weight is 164 g/mol. The zero-order valence-electron chi connectivity index (χ0n) is 9.18. The van der Waals surface area contributed by atoms with E-state index >= 15 is 0 Å². The molecule has 0 aromatic rings. The number of aliphatic hydroxyl groups is 1. The molecule has 0 spiro atoms. The highest BCUT2D eigenvalue weighted by Crippen LogP contribution is 2.15. The van der Waals surface area contributed by atoms with E-state index in [0.717, 1.165) is 11.8 Å². The molecule has 3 atom stereocenters. The molecule has 0 aliphatic carbocycles. The Morgan fingerprint density at radius 1 is 2.00 bits per heavy atom. The van der Waals surface area contributed by atoms with Gasteiger partial charge in [-0.05, 0) is 14.0 Å². The fraction of sp³-hybridized carbons (Fsp3) is 1.00. The van der Waals surface area contributed by atoms with E-state index in [1.54, 1.807) is 0 Å². The molecule has 0 amide bonds. The average Bonchev–Trinajstić information content (AvgIpc) is 2.10. The third kappa shape index (κ3) is 1.26. The Morgan fingerprint density at radius 3 is 2.73 bits per heavy atom. The maximum atomic E-state index is 10.5. The molecule has 1 rings (SSSR count). The number of nitrogens with zero attached hydrogens (tertiary/aromatic N) is 3. The SMILES string of the molecule is [2H]C1N([N+](=O)[O-])C([2H])(C)N(C)C1([2H])O. The first-order valence-corrected chi connectivity index (χ1v) is 2.95. The number of β-amino-alcohol motifs (C(OH)–C–C–N with tert-alkyl or cyclic N) is 1. The summed E-state index contributed by atoms with van der Waals surface area (Å²) in [5.74, 6) is 0. The van der Waals surface area contributed by atoms with Crippen molar-refractivity contribution in [3.05, 3.63) is 10.1 Å². The van der Waals surface area contributed by atoms with E-state index in [1.165, 1.54) is 7.05 Å². The number of hydrogen-bond donors (Lipinski definition) is 1. The van der Waals surface area contributed by atoms with Crippen LogP contribution in [0.2, 0.25) is 0 Å². The molecule has 6 heteroatoms. The molecule has 6 nitrogen and oxygen atoms in total. The van der Waals surface area contributed by atoms with Crippen molar-refractivity contribution >= 4 is 0 Å². The van der Waals surface area contributed by atoms with Crippen LogP contribution in [-0.4, -0.2) is 46.0 Å². The molecular weight excluding hydrogens is 150 g/mol.